The number of amides is 1. The van der Waals surface area contributed by atoms with Crippen molar-refractivity contribution in [2.45, 2.75) is 23.8 Å². The molecule has 2 aromatic rings. The molecule has 26 heavy (non-hydrogen) atoms. The van der Waals surface area contributed by atoms with Gasteiger partial charge in [0.1, 0.15) is 6.04 Å². The monoisotopic (exact) mass is 432 g/mol. The van der Waals surface area contributed by atoms with E-state index in [1.165, 1.54) is 34.6 Å². The minimum Gasteiger partial charge on any atom is -0.325 e. The molecule has 3 rings (SSSR count). The zero-order valence-electron chi connectivity index (χ0n) is 13.5. The summed E-state index contributed by atoms with van der Waals surface area (Å²) in [4.78, 5) is 12.7. The SMILES string of the molecule is O=C(Nc1ccc(Cl)c(Cl)c1)[C@@H]1CCCN1S(=O)(=O)c1ccc(Cl)cc1. The number of sulfonamides is 1. The lowest BCUT2D eigenvalue weighted by molar-refractivity contribution is -0.119. The lowest BCUT2D eigenvalue weighted by Crippen LogP contribution is -2.43. The molecule has 1 aliphatic rings. The van der Waals surface area contributed by atoms with Crippen molar-refractivity contribution in [2.75, 3.05) is 11.9 Å². The van der Waals surface area contributed by atoms with E-state index in [1.54, 1.807) is 12.1 Å². The lowest BCUT2D eigenvalue weighted by atomic mass is 10.2. The quantitative estimate of drug-likeness (QED) is 0.775. The zero-order valence-corrected chi connectivity index (χ0v) is 16.5. The average molecular weight is 434 g/mol. The molecule has 0 radical (unpaired) electrons. The van der Waals surface area contributed by atoms with E-state index in [0.29, 0.717) is 33.6 Å². The minimum absolute atomic E-state index is 0.108. The van der Waals surface area contributed by atoms with Crippen LogP contribution in [-0.2, 0) is 14.8 Å². The van der Waals surface area contributed by atoms with Crippen LogP contribution >= 0.6 is 34.8 Å². The Kier molecular flexibility index (Phi) is 5.79. The molecule has 138 valence electrons. The lowest BCUT2D eigenvalue weighted by Gasteiger charge is -2.23. The van der Waals surface area contributed by atoms with E-state index in [0.717, 1.165) is 0 Å². The summed E-state index contributed by atoms with van der Waals surface area (Å²) in [5.74, 6) is -0.404. The maximum absolute atomic E-state index is 12.9. The van der Waals surface area contributed by atoms with Crippen molar-refractivity contribution in [3.05, 3.63) is 57.5 Å². The number of carbonyl (C=O) groups excluding carboxylic acids is 1. The molecule has 0 saturated carbocycles. The third-order valence-electron chi connectivity index (χ3n) is 4.11. The Morgan fingerprint density at radius 2 is 1.73 bits per heavy atom. The fraction of sp³-hybridized carbons (Fsp3) is 0.235. The Bertz CT molecular complexity index is 933. The third kappa shape index (κ3) is 4.00. The van der Waals surface area contributed by atoms with Crippen LogP contribution < -0.4 is 5.32 Å². The van der Waals surface area contributed by atoms with E-state index in [1.807, 2.05) is 0 Å². The van der Waals surface area contributed by atoms with E-state index < -0.39 is 22.0 Å². The average Bonchev–Trinajstić information content (AvgIpc) is 3.09. The van der Waals surface area contributed by atoms with E-state index in [4.69, 9.17) is 34.8 Å². The molecule has 1 atom stereocenters. The fourth-order valence-corrected chi connectivity index (χ4v) is 4.91. The van der Waals surface area contributed by atoms with Gasteiger partial charge in [0.15, 0.2) is 0 Å². The van der Waals surface area contributed by atoms with Crippen LogP contribution in [0.15, 0.2) is 47.4 Å². The Balaban J connectivity index is 1.81. The van der Waals surface area contributed by atoms with Gasteiger partial charge in [-0.3, -0.25) is 4.79 Å². The number of carbonyl (C=O) groups is 1. The van der Waals surface area contributed by atoms with Crippen molar-refractivity contribution < 1.29 is 13.2 Å². The number of benzene rings is 2. The number of hydrogen-bond donors (Lipinski definition) is 1. The Labute approximate surface area is 166 Å². The van der Waals surface area contributed by atoms with Crippen LogP contribution in [0.1, 0.15) is 12.8 Å². The van der Waals surface area contributed by atoms with Gasteiger partial charge in [-0.25, -0.2) is 8.42 Å². The molecular formula is C17H15Cl3N2O3S. The van der Waals surface area contributed by atoms with Crippen molar-refractivity contribution in [1.82, 2.24) is 4.31 Å². The number of hydrogen-bond acceptors (Lipinski definition) is 3. The molecule has 5 nitrogen and oxygen atoms in total. The zero-order chi connectivity index (χ0) is 18.9. The third-order valence-corrected chi connectivity index (χ3v) is 7.03. The maximum Gasteiger partial charge on any atom is 0.243 e. The number of nitrogens with one attached hydrogen (secondary N) is 1. The summed E-state index contributed by atoms with van der Waals surface area (Å²) in [6.07, 6.45) is 1.05. The van der Waals surface area contributed by atoms with Gasteiger partial charge in [0.25, 0.3) is 0 Å². The van der Waals surface area contributed by atoms with Gasteiger partial charge < -0.3 is 5.32 Å². The van der Waals surface area contributed by atoms with E-state index >= 15 is 0 Å². The topological polar surface area (TPSA) is 66.5 Å². The van der Waals surface area contributed by atoms with Crippen LogP contribution in [0.5, 0.6) is 0 Å². The van der Waals surface area contributed by atoms with Gasteiger partial charge in [0.2, 0.25) is 15.9 Å². The van der Waals surface area contributed by atoms with Crippen LogP contribution in [0, 0.1) is 0 Å². The molecule has 0 bridgehead atoms. The summed E-state index contributed by atoms with van der Waals surface area (Å²) in [6.45, 7) is 0.282. The molecule has 1 aliphatic heterocycles. The summed E-state index contributed by atoms with van der Waals surface area (Å²) in [5.41, 5.74) is 0.458. The highest BCUT2D eigenvalue weighted by molar-refractivity contribution is 7.89. The molecule has 1 saturated heterocycles. The molecule has 1 N–H and O–H groups in total. The minimum atomic E-state index is -3.79. The van der Waals surface area contributed by atoms with Gasteiger partial charge in [-0.2, -0.15) is 4.31 Å². The van der Waals surface area contributed by atoms with Crippen molar-refractivity contribution in [1.29, 1.82) is 0 Å². The predicted molar refractivity (Wildman–Crippen MR) is 103 cm³/mol. The Morgan fingerprint density at radius 1 is 1.04 bits per heavy atom. The second-order valence-corrected chi connectivity index (χ2v) is 8.99. The Morgan fingerprint density at radius 3 is 2.38 bits per heavy atom. The fourth-order valence-electron chi connectivity index (χ4n) is 2.83. The summed E-state index contributed by atoms with van der Waals surface area (Å²) >= 11 is 17.6. The maximum atomic E-state index is 12.9. The molecule has 2 aromatic carbocycles. The molecule has 1 amide bonds. The predicted octanol–water partition coefficient (Wildman–Crippen LogP) is 4.44. The summed E-state index contributed by atoms with van der Waals surface area (Å²) in [6, 6.07) is 9.80. The standard InChI is InChI=1S/C17H15Cl3N2O3S/c18-11-3-6-13(7-4-11)26(24,25)22-9-1-2-16(22)17(23)21-12-5-8-14(19)15(20)10-12/h3-8,10,16H,1-2,9H2,(H,21,23)/t16-/m0/s1. The van der Waals surface area contributed by atoms with Gasteiger partial charge in [-0.05, 0) is 55.3 Å². The van der Waals surface area contributed by atoms with Crippen LogP contribution in [0.4, 0.5) is 5.69 Å². The Hall–Kier alpha value is -1.31. The summed E-state index contributed by atoms with van der Waals surface area (Å²) in [5, 5.41) is 3.83. The number of rotatable bonds is 4. The molecule has 0 unspecified atom stereocenters. The van der Waals surface area contributed by atoms with E-state index in [-0.39, 0.29) is 11.4 Å². The first-order valence-corrected chi connectivity index (χ1v) is 10.4. The molecular weight excluding hydrogens is 419 g/mol. The highest BCUT2D eigenvalue weighted by Crippen LogP contribution is 2.29. The molecule has 0 spiro atoms. The first-order chi connectivity index (χ1) is 12.3. The normalized spacial score (nSPS) is 18.0. The second kappa shape index (κ2) is 7.74. The van der Waals surface area contributed by atoms with Gasteiger partial charge >= 0.3 is 0 Å². The highest BCUT2D eigenvalue weighted by Gasteiger charge is 2.39. The van der Waals surface area contributed by atoms with Gasteiger partial charge in [0, 0.05) is 17.3 Å². The van der Waals surface area contributed by atoms with Crippen molar-refractivity contribution in [3.8, 4) is 0 Å². The smallest absolute Gasteiger partial charge is 0.243 e. The highest BCUT2D eigenvalue weighted by atomic mass is 35.5. The van der Waals surface area contributed by atoms with Crippen molar-refractivity contribution in [3.63, 3.8) is 0 Å². The number of halogens is 3. The van der Waals surface area contributed by atoms with Crippen molar-refractivity contribution >= 4 is 56.4 Å². The van der Waals surface area contributed by atoms with E-state index in [9.17, 15) is 13.2 Å². The first-order valence-electron chi connectivity index (χ1n) is 7.82. The molecule has 1 fully saturated rings. The largest absolute Gasteiger partial charge is 0.325 e. The molecule has 1 heterocycles. The van der Waals surface area contributed by atoms with E-state index in [2.05, 4.69) is 5.32 Å². The van der Waals surface area contributed by atoms with Crippen molar-refractivity contribution in [2.24, 2.45) is 0 Å². The van der Waals surface area contributed by atoms with Gasteiger partial charge in [-0.1, -0.05) is 34.8 Å². The van der Waals surface area contributed by atoms with Crippen LogP contribution in [-0.4, -0.2) is 31.2 Å². The van der Waals surface area contributed by atoms with Crippen LogP contribution in [0.2, 0.25) is 15.1 Å². The molecule has 0 aromatic heterocycles. The summed E-state index contributed by atoms with van der Waals surface area (Å²) in [7, 11) is -3.79. The van der Waals surface area contributed by atoms with Crippen LogP contribution in [0.25, 0.3) is 0 Å². The molecule has 9 heteroatoms. The summed E-state index contributed by atoms with van der Waals surface area (Å²) < 4.78 is 27.0. The van der Waals surface area contributed by atoms with Crippen LogP contribution in [0.3, 0.4) is 0 Å². The van der Waals surface area contributed by atoms with Gasteiger partial charge in [-0.15, -0.1) is 0 Å². The number of anilines is 1. The first kappa shape index (κ1) is 19.5. The molecule has 0 aliphatic carbocycles. The van der Waals surface area contributed by atoms with Gasteiger partial charge in [0.05, 0.1) is 14.9 Å². The number of nitrogens with zero attached hydrogens (tertiary/aromatic N) is 1. The second-order valence-electron chi connectivity index (χ2n) is 5.85.